The molecule has 0 aliphatic rings. The van der Waals surface area contributed by atoms with Gasteiger partial charge in [-0.1, -0.05) is 273 Å². The highest BCUT2D eigenvalue weighted by atomic mass is 16.6. The highest BCUT2D eigenvalue weighted by Crippen LogP contribution is 2.16. The largest absolute Gasteiger partial charge is 0.462 e. The second-order valence-electron chi connectivity index (χ2n) is 20.2. The van der Waals surface area contributed by atoms with Gasteiger partial charge in [-0.3, -0.25) is 9.59 Å². The number of ether oxygens (including phenoxy) is 3. The van der Waals surface area contributed by atoms with Gasteiger partial charge in [-0.15, -0.1) is 0 Å². The summed E-state index contributed by atoms with van der Waals surface area (Å²) in [6.07, 6.45) is 79.3. The van der Waals surface area contributed by atoms with Gasteiger partial charge < -0.3 is 14.2 Å². The van der Waals surface area contributed by atoms with Crippen LogP contribution in [0, 0.1) is 0 Å². The molecule has 0 fully saturated rings. The van der Waals surface area contributed by atoms with Gasteiger partial charge in [0.05, 0.1) is 6.61 Å². The third-order valence-corrected chi connectivity index (χ3v) is 13.2. The van der Waals surface area contributed by atoms with Crippen molar-refractivity contribution in [3.05, 3.63) is 72.9 Å². The molecule has 1 atom stereocenters. The molecule has 0 saturated heterocycles. The normalized spacial score (nSPS) is 12.7. The fourth-order valence-corrected chi connectivity index (χ4v) is 8.71. The first kappa shape index (κ1) is 67.3. The third kappa shape index (κ3) is 57.9. The summed E-state index contributed by atoms with van der Waals surface area (Å²) in [6.45, 7) is 7.70. The minimum Gasteiger partial charge on any atom is -0.462 e. The maximum atomic E-state index is 12.9. The Bertz CT molecular complexity index is 1240. The number of rotatable bonds is 56. The van der Waals surface area contributed by atoms with Crippen molar-refractivity contribution in [3.63, 3.8) is 0 Å². The van der Waals surface area contributed by atoms with Crippen LogP contribution in [-0.2, 0) is 23.8 Å². The topological polar surface area (TPSA) is 61.8 Å². The number of hydrogen-bond donors (Lipinski definition) is 0. The fraction of sp³-hybridized carbons (Fsp3) is 0.785. The highest BCUT2D eigenvalue weighted by Gasteiger charge is 2.17. The maximum Gasteiger partial charge on any atom is 0.306 e. The van der Waals surface area contributed by atoms with Gasteiger partial charge in [-0.05, 0) is 89.9 Å². The molecule has 0 N–H and O–H groups in total. The first-order valence-corrected chi connectivity index (χ1v) is 30.5. The zero-order valence-electron chi connectivity index (χ0n) is 46.8. The molecule has 406 valence electrons. The molecule has 0 bridgehead atoms. The Morgan fingerprint density at radius 3 is 1.04 bits per heavy atom. The van der Waals surface area contributed by atoms with Gasteiger partial charge in [0, 0.05) is 19.4 Å². The predicted octanol–water partition coefficient (Wildman–Crippen LogP) is 21.0. The smallest absolute Gasteiger partial charge is 0.306 e. The van der Waals surface area contributed by atoms with E-state index in [0.29, 0.717) is 19.4 Å². The summed E-state index contributed by atoms with van der Waals surface area (Å²) in [5.41, 5.74) is 0. The van der Waals surface area contributed by atoms with Gasteiger partial charge in [0.1, 0.15) is 6.61 Å². The SMILES string of the molecule is CC/C=C\C/C=C\C/C=C\C/C=C\C/C=C\CCCCCCOCC(COC(=O)CCCCCCCCC/C=C\CCCCCCCC)OC(=O)CCCCCCCCCCCCCCCCCCC. The average Bonchev–Trinajstić information content (AvgIpc) is 3.36. The zero-order chi connectivity index (χ0) is 50.6. The highest BCUT2D eigenvalue weighted by molar-refractivity contribution is 5.70. The van der Waals surface area contributed by atoms with Crippen LogP contribution in [0.25, 0.3) is 0 Å². The van der Waals surface area contributed by atoms with E-state index in [2.05, 4.69) is 93.7 Å². The first-order chi connectivity index (χ1) is 34.6. The van der Waals surface area contributed by atoms with Crippen LogP contribution < -0.4 is 0 Å². The lowest BCUT2D eigenvalue weighted by molar-refractivity contribution is -0.163. The molecule has 70 heavy (non-hydrogen) atoms. The Morgan fingerprint density at radius 2 is 0.643 bits per heavy atom. The predicted molar refractivity (Wildman–Crippen MR) is 307 cm³/mol. The molecular weight excluding hydrogens is 861 g/mol. The second kappa shape index (κ2) is 60.6. The van der Waals surface area contributed by atoms with Crippen molar-refractivity contribution < 1.29 is 23.8 Å². The van der Waals surface area contributed by atoms with Crippen molar-refractivity contribution in [2.75, 3.05) is 19.8 Å². The van der Waals surface area contributed by atoms with Gasteiger partial charge in [-0.25, -0.2) is 0 Å². The maximum absolute atomic E-state index is 12.9. The summed E-state index contributed by atoms with van der Waals surface area (Å²) >= 11 is 0. The fourth-order valence-electron chi connectivity index (χ4n) is 8.71. The van der Waals surface area contributed by atoms with Crippen molar-refractivity contribution in [3.8, 4) is 0 Å². The van der Waals surface area contributed by atoms with Crippen molar-refractivity contribution in [1.82, 2.24) is 0 Å². The van der Waals surface area contributed by atoms with Crippen LogP contribution in [0.3, 0.4) is 0 Å². The molecule has 0 aromatic carbocycles. The number of esters is 2. The standard InChI is InChI=1S/C65H116O5/c1-4-7-10-13-16-19-22-25-28-31-32-33-36-39-42-45-48-51-54-57-60-68-61-63(70-65(67)59-56-53-50-47-44-41-38-35-30-27-24-21-18-15-12-9-6-3)62-69-64(66)58-55-52-49-46-43-40-37-34-29-26-23-20-17-14-11-8-5-2/h7,10,16,19,25-26,28-29,32-33,39,42,63H,4-6,8-9,11-15,17-18,20-24,27,30-31,34-38,40-41,43-62H2,1-3H3/b10-7-,19-16-,28-25-,29-26-,33-32-,42-39-. The summed E-state index contributed by atoms with van der Waals surface area (Å²) in [6, 6.07) is 0. The second-order valence-corrected chi connectivity index (χ2v) is 20.2. The van der Waals surface area contributed by atoms with Gasteiger partial charge in [0.25, 0.3) is 0 Å². The van der Waals surface area contributed by atoms with Crippen molar-refractivity contribution in [2.24, 2.45) is 0 Å². The molecule has 0 aromatic rings. The van der Waals surface area contributed by atoms with E-state index >= 15 is 0 Å². The molecule has 5 nitrogen and oxygen atoms in total. The summed E-state index contributed by atoms with van der Waals surface area (Å²) in [5.74, 6) is -0.403. The molecule has 0 amide bonds. The summed E-state index contributed by atoms with van der Waals surface area (Å²) in [5, 5.41) is 0. The van der Waals surface area contributed by atoms with E-state index in [1.165, 1.54) is 186 Å². The van der Waals surface area contributed by atoms with Crippen LogP contribution in [0.4, 0.5) is 0 Å². The Labute approximate surface area is 436 Å². The van der Waals surface area contributed by atoms with E-state index in [4.69, 9.17) is 14.2 Å². The monoisotopic (exact) mass is 977 g/mol. The minimum absolute atomic E-state index is 0.0737. The molecule has 0 aliphatic carbocycles. The quantitative estimate of drug-likeness (QED) is 0.0345. The van der Waals surface area contributed by atoms with E-state index in [-0.39, 0.29) is 25.2 Å². The molecule has 0 heterocycles. The lowest BCUT2D eigenvalue weighted by Crippen LogP contribution is -2.30. The average molecular weight is 978 g/mol. The van der Waals surface area contributed by atoms with Crippen LogP contribution >= 0.6 is 0 Å². The van der Waals surface area contributed by atoms with Gasteiger partial charge in [0.15, 0.2) is 6.10 Å². The van der Waals surface area contributed by atoms with Crippen molar-refractivity contribution in [1.29, 1.82) is 0 Å². The summed E-state index contributed by atoms with van der Waals surface area (Å²) < 4.78 is 17.5. The Kier molecular flexibility index (Phi) is 58.3. The molecule has 0 radical (unpaired) electrons. The zero-order valence-corrected chi connectivity index (χ0v) is 46.8. The number of carbonyl (C=O) groups excluding carboxylic acids is 2. The molecule has 1 unspecified atom stereocenters. The van der Waals surface area contributed by atoms with Crippen LogP contribution in [0.5, 0.6) is 0 Å². The molecule has 0 rings (SSSR count). The summed E-state index contributed by atoms with van der Waals surface area (Å²) in [7, 11) is 0. The third-order valence-electron chi connectivity index (χ3n) is 13.2. The van der Waals surface area contributed by atoms with Gasteiger partial charge >= 0.3 is 11.9 Å². The first-order valence-electron chi connectivity index (χ1n) is 30.5. The molecule has 5 heteroatoms. The molecule has 0 saturated carbocycles. The number of hydrogen-bond acceptors (Lipinski definition) is 5. The van der Waals surface area contributed by atoms with Gasteiger partial charge in [-0.2, -0.15) is 0 Å². The molecule has 0 aromatic heterocycles. The Morgan fingerprint density at radius 1 is 0.329 bits per heavy atom. The van der Waals surface area contributed by atoms with Crippen molar-refractivity contribution in [2.45, 2.75) is 309 Å². The van der Waals surface area contributed by atoms with Crippen molar-refractivity contribution >= 4 is 11.9 Å². The number of carbonyl (C=O) groups is 2. The van der Waals surface area contributed by atoms with E-state index in [9.17, 15) is 9.59 Å². The molecular formula is C65H116O5. The van der Waals surface area contributed by atoms with E-state index in [1.807, 2.05) is 0 Å². The van der Waals surface area contributed by atoms with Crippen LogP contribution in [0.1, 0.15) is 303 Å². The van der Waals surface area contributed by atoms with Crippen LogP contribution in [0.2, 0.25) is 0 Å². The van der Waals surface area contributed by atoms with Gasteiger partial charge in [0.2, 0.25) is 0 Å². The Balaban J connectivity index is 4.32. The lowest BCUT2D eigenvalue weighted by atomic mass is 10.0. The number of unbranched alkanes of at least 4 members (excludes halogenated alkanes) is 33. The molecule has 0 spiro atoms. The minimum atomic E-state index is -0.553. The summed E-state index contributed by atoms with van der Waals surface area (Å²) in [4.78, 5) is 25.6. The Hall–Kier alpha value is -2.66. The molecule has 0 aliphatic heterocycles. The number of allylic oxidation sites excluding steroid dienone is 12. The van der Waals surface area contributed by atoms with Crippen LogP contribution in [0.15, 0.2) is 72.9 Å². The lowest BCUT2D eigenvalue weighted by Gasteiger charge is -2.18. The van der Waals surface area contributed by atoms with Crippen LogP contribution in [-0.4, -0.2) is 37.9 Å². The van der Waals surface area contributed by atoms with E-state index in [0.717, 1.165) is 83.5 Å². The van der Waals surface area contributed by atoms with E-state index < -0.39 is 6.10 Å². The van der Waals surface area contributed by atoms with E-state index in [1.54, 1.807) is 0 Å².